The van der Waals surface area contributed by atoms with Gasteiger partial charge in [0.1, 0.15) is 5.75 Å². The number of nitrogens with zero attached hydrogens (tertiary/aromatic N) is 2. The third-order valence-corrected chi connectivity index (χ3v) is 3.56. The van der Waals surface area contributed by atoms with Gasteiger partial charge in [0.2, 0.25) is 5.91 Å². The van der Waals surface area contributed by atoms with Crippen LogP contribution >= 0.6 is 0 Å². The predicted octanol–water partition coefficient (Wildman–Crippen LogP) is 3.47. The molecule has 2 aromatic carbocycles. The molecule has 0 radical (unpaired) electrons. The zero-order chi connectivity index (χ0) is 18.8. The fourth-order valence-corrected chi connectivity index (χ4v) is 2.12. The van der Waals surface area contributed by atoms with Crippen molar-refractivity contribution in [2.75, 3.05) is 6.61 Å². The zero-order valence-electron chi connectivity index (χ0n) is 14.6. The summed E-state index contributed by atoms with van der Waals surface area (Å²) in [5.41, 5.74) is 3.95. The highest BCUT2D eigenvalue weighted by molar-refractivity contribution is 5.83. The van der Waals surface area contributed by atoms with Crippen molar-refractivity contribution in [3.8, 4) is 5.75 Å². The van der Waals surface area contributed by atoms with Gasteiger partial charge in [0, 0.05) is 12.1 Å². The van der Waals surface area contributed by atoms with Crippen LogP contribution in [0.4, 0.5) is 5.69 Å². The molecular weight excluding hydrogens is 334 g/mol. The van der Waals surface area contributed by atoms with E-state index < -0.39 is 4.92 Å². The quantitative estimate of drug-likeness (QED) is 0.322. The lowest BCUT2D eigenvalue weighted by molar-refractivity contribution is -0.384. The van der Waals surface area contributed by atoms with Crippen molar-refractivity contribution in [3.05, 3.63) is 69.8 Å². The van der Waals surface area contributed by atoms with Gasteiger partial charge in [0.25, 0.3) is 5.69 Å². The maximum Gasteiger partial charge on any atom is 0.269 e. The molecule has 0 aromatic heterocycles. The SMILES string of the molecule is CCCCOc1ccc(C=NNC(=O)Cc2ccc([N+](=O)[O-])cc2)cc1. The second kappa shape index (κ2) is 9.93. The van der Waals surface area contributed by atoms with Crippen LogP contribution in [0.15, 0.2) is 53.6 Å². The Labute approximate surface area is 151 Å². The van der Waals surface area contributed by atoms with Gasteiger partial charge < -0.3 is 4.74 Å². The molecule has 0 saturated heterocycles. The summed E-state index contributed by atoms with van der Waals surface area (Å²) in [5.74, 6) is 0.507. The molecule has 0 aliphatic heterocycles. The van der Waals surface area contributed by atoms with Crippen molar-refractivity contribution in [2.24, 2.45) is 5.10 Å². The molecule has 26 heavy (non-hydrogen) atoms. The van der Waals surface area contributed by atoms with E-state index in [-0.39, 0.29) is 18.0 Å². The molecule has 0 heterocycles. The first kappa shape index (κ1) is 19.1. The average Bonchev–Trinajstić information content (AvgIpc) is 2.63. The maximum absolute atomic E-state index is 11.8. The molecule has 1 amide bonds. The van der Waals surface area contributed by atoms with Gasteiger partial charge in [-0.25, -0.2) is 5.43 Å². The number of hydrogen-bond donors (Lipinski definition) is 1. The number of rotatable bonds is 9. The molecule has 2 rings (SSSR count). The van der Waals surface area contributed by atoms with Crippen molar-refractivity contribution in [2.45, 2.75) is 26.2 Å². The first-order valence-electron chi connectivity index (χ1n) is 8.36. The van der Waals surface area contributed by atoms with E-state index in [2.05, 4.69) is 17.5 Å². The summed E-state index contributed by atoms with van der Waals surface area (Å²) >= 11 is 0. The van der Waals surface area contributed by atoms with Crippen LogP contribution in [0.25, 0.3) is 0 Å². The lowest BCUT2D eigenvalue weighted by Gasteiger charge is -2.05. The molecule has 2 aromatic rings. The molecule has 0 unspecified atom stereocenters. The highest BCUT2D eigenvalue weighted by Gasteiger charge is 2.06. The summed E-state index contributed by atoms with van der Waals surface area (Å²) in [6, 6.07) is 13.3. The highest BCUT2D eigenvalue weighted by Crippen LogP contribution is 2.13. The largest absolute Gasteiger partial charge is 0.494 e. The first-order chi connectivity index (χ1) is 12.6. The van der Waals surface area contributed by atoms with Gasteiger partial charge in [-0.1, -0.05) is 25.5 Å². The molecule has 0 aliphatic rings. The fourth-order valence-electron chi connectivity index (χ4n) is 2.12. The third-order valence-electron chi connectivity index (χ3n) is 3.56. The molecule has 1 N–H and O–H groups in total. The smallest absolute Gasteiger partial charge is 0.269 e. The number of nitrogens with one attached hydrogen (secondary N) is 1. The van der Waals surface area contributed by atoms with Gasteiger partial charge in [-0.3, -0.25) is 14.9 Å². The second-order valence-corrected chi connectivity index (χ2v) is 5.66. The molecule has 7 heteroatoms. The van der Waals surface area contributed by atoms with E-state index in [0.29, 0.717) is 12.2 Å². The van der Waals surface area contributed by atoms with Gasteiger partial charge >= 0.3 is 0 Å². The van der Waals surface area contributed by atoms with E-state index in [1.54, 1.807) is 18.3 Å². The topological polar surface area (TPSA) is 93.8 Å². The van der Waals surface area contributed by atoms with E-state index in [1.165, 1.54) is 12.1 Å². The minimum absolute atomic E-state index is 0.00528. The number of nitro benzene ring substituents is 1. The summed E-state index contributed by atoms with van der Waals surface area (Å²) in [7, 11) is 0. The molecular formula is C19H21N3O4. The number of carbonyl (C=O) groups excluding carboxylic acids is 1. The summed E-state index contributed by atoms with van der Waals surface area (Å²) < 4.78 is 5.58. The monoisotopic (exact) mass is 355 g/mol. The Morgan fingerprint density at radius 2 is 1.88 bits per heavy atom. The van der Waals surface area contributed by atoms with Crippen LogP contribution in [0.5, 0.6) is 5.75 Å². The maximum atomic E-state index is 11.8. The molecule has 0 bridgehead atoms. The van der Waals surface area contributed by atoms with E-state index in [9.17, 15) is 14.9 Å². The number of hydrogen-bond acceptors (Lipinski definition) is 5. The summed E-state index contributed by atoms with van der Waals surface area (Å²) in [4.78, 5) is 22.0. The highest BCUT2D eigenvalue weighted by atomic mass is 16.6. The molecule has 0 atom stereocenters. The lowest BCUT2D eigenvalue weighted by Crippen LogP contribution is -2.19. The molecule has 0 aliphatic carbocycles. The number of nitro groups is 1. The van der Waals surface area contributed by atoms with Crippen LogP contribution in [0, 0.1) is 10.1 Å². The van der Waals surface area contributed by atoms with Gasteiger partial charge in [0.05, 0.1) is 24.2 Å². The normalized spacial score (nSPS) is 10.7. The third kappa shape index (κ3) is 6.35. The fraction of sp³-hybridized carbons (Fsp3) is 0.263. The summed E-state index contributed by atoms with van der Waals surface area (Å²) in [5, 5.41) is 14.5. The number of ether oxygens (including phenoxy) is 1. The van der Waals surface area contributed by atoms with Crippen LogP contribution in [-0.2, 0) is 11.2 Å². The number of benzene rings is 2. The minimum Gasteiger partial charge on any atom is -0.494 e. The van der Waals surface area contributed by atoms with Gasteiger partial charge in [-0.2, -0.15) is 5.10 Å². The van der Waals surface area contributed by atoms with E-state index in [4.69, 9.17) is 4.74 Å². The van der Waals surface area contributed by atoms with Crippen LogP contribution in [-0.4, -0.2) is 23.7 Å². The number of amides is 1. The standard InChI is InChI=1S/C19H21N3O4/c1-2-3-12-26-18-10-6-16(7-11-18)14-20-21-19(23)13-15-4-8-17(9-5-15)22(24)25/h4-11,14H,2-3,12-13H2,1H3,(H,21,23). The number of non-ortho nitro benzene ring substituents is 1. The molecule has 0 spiro atoms. The molecule has 7 nitrogen and oxygen atoms in total. The first-order valence-corrected chi connectivity index (χ1v) is 8.36. The summed E-state index contributed by atoms with van der Waals surface area (Å²) in [6.07, 6.45) is 3.75. The minimum atomic E-state index is -0.478. The Kier molecular flexibility index (Phi) is 7.30. The van der Waals surface area contributed by atoms with Crippen molar-refractivity contribution in [1.82, 2.24) is 5.43 Å². The van der Waals surface area contributed by atoms with Crippen molar-refractivity contribution in [1.29, 1.82) is 0 Å². The number of hydrazone groups is 1. The predicted molar refractivity (Wildman–Crippen MR) is 99.4 cm³/mol. The Morgan fingerprint density at radius 1 is 1.19 bits per heavy atom. The van der Waals surface area contributed by atoms with Crippen molar-refractivity contribution in [3.63, 3.8) is 0 Å². The molecule has 0 saturated carbocycles. The Morgan fingerprint density at radius 3 is 2.50 bits per heavy atom. The summed E-state index contributed by atoms with van der Waals surface area (Å²) in [6.45, 7) is 2.81. The Bertz CT molecular complexity index is 755. The van der Waals surface area contributed by atoms with E-state index in [0.717, 1.165) is 24.2 Å². The number of carbonyl (C=O) groups is 1. The average molecular weight is 355 g/mol. The Hall–Kier alpha value is -3.22. The van der Waals surface area contributed by atoms with Crippen LogP contribution in [0.3, 0.4) is 0 Å². The van der Waals surface area contributed by atoms with Gasteiger partial charge in [-0.15, -0.1) is 0 Å². The van der Waals surface area contributed by atoms with E-state index in [1.807, 2.05) is 24.3 Å². The van der Waals surface area contributed by atoms with Gasteiger partial charge in [0.15, 0.2) is 0 Å². The van der Waals surface area contributed by atoms with Crippen LogP contribution < -0.4 is 10.2 Å². The van der Waals surface area contributed by atoms with Crippen LogP contribution in [0.2, 0.25) is 0 Å². The van der Waals surface area contributed by atoms with E-state index >= 15 is 0 Å². The molecule has 0 fully saturated rings. The van der Waals surface area contributed by atoms with Gasteiger partial charge in [-0.05, 0) is 41.8 Å². The van der Waals surface area contributed by atoms with Crippen LogP contribution in [0.1, 0.15) is 30.9 Å². The molecule has 136 valence electrons. The second-order valence-electron chi connectivity index (χ2n) is 5.66. The number of unbranched alkanes of at least 4 members (excludes halogenated alkanes) is 1. The Balaban J connectivity index is 1.79. The zero-order valence-corrected chi connectivity index (χ0v) is 14.6. The van der Waals surface area contributed by atoms with Crippen molar-refractivity contribution < 1.29 is 14.5 Å². The lowest BCUT2D eigenvalue weighted by atomic mass is 10.1. The van der Waals surface area contributed by atoms with Crippen molar-refractivity contribution >= 4 is 17.8 Å².